The predicted octanol–water partition coefficient (Wildman–Crippen LogP) is -0.0134. The van der Waals surface area contributed by atoms with Crippen LogP contribution in [0.15, 0.2) is 18.5 Å². The molecule has 0 bridgehead atoms. The van der Waals surface area contributed by atoms with Gasteiger partial charge in [-0.1, -0.05) is 0 Å². The fourth-order valence-corrected chi connectivity index (χ4v) is 1.33. The Bertz CT molecular complexity index is 470. The van der Waals surface area contributed by atoms with Crippen molar-refractivity contribution in [3.05, 3.63) is 24.0 Å². The van der Waals surface area contributed by atoms with Crippen molar-refractivity contribution in [3.8, 4) is 0 Å². The highest BCUT2D eigenvalue weighted by Gasteiger charge is 2.00. The van der Waals surface area contributed by atoms with Crippen molar-refractivity contribution in [2.24, 2.45) is 7.05 Å². The van der Waals surface area contributed by atoms with E-state index in [1.54, 1.807) is 16.9 Å². The second kappa shape index (κ2) is 4.05. The van der Waals surface area contributed by atoms with Crippen molar-refractivity contribution >= 4 is 17.6 Å². The monoisotopic (exact) mass is 219 g/mol. The number of hydrogen-bond acceptors (Lipinski definition) is 6. The van der Waals surface area contributed by atoms with E-state index in [2.05, 4.69) is 20.4 Å². The zero-order chi connectivity index (χ0) is 11.5. The van der Waals surface area contributed by atoms with Crippen molar-refractivity contribution in [2.45, 2.75) is 6.54 Å². The third-order valence-corrected chi connectivity index (χ3v) is 2.00. The Kier molecular flexibility index (Phi) is 2.59. The summed E-state index contributed by atoms with van der Waals surface area (Å²) >= 11 is 0. The van der Waals surface area contributed by atoms with E-state index in [0.717, 1.165) is 5.56 Å². The molecule has 84 valence electrons. The molecule has 0 saturated heterocycles. The van der Waals surface area contributed by atoms with E-state index in [-0.39, 0.29) is 5.95 Å². The molecule has 0 aliphatic rings. The topological polar surface area (TPSA) is 108 Å². The normalized spacial score (nSPS) is 10.3. The van der Waals surface area contributed by atoms with Crippen molar-refractivity contribution in [3.63, 3.8) is 0 Å². The van der Waals surface area contributed by atoms with Crippen LogP contribution < -0.4 is 16.8 Å². The zero-order valence-corrected chi connectivity index (χ0v) is 8.88. The fraction of sp³-hybridized carbons (Fsp3) is 0.222. The van der Waals surface area contributed by atoms with Gasteiger partial charge in [-0.15, -0.1) is 0 Å². The van der Waals surface area contributed by atoms with Crippen LogP contribution in [0.1, 0.15) is 5.56 Å². The highest BCUT2D eigenvalue weighted by Crippen LogP contribution is 2.10. The summed E-state index contributed by atoms with van der Waals surface area (Å²) in [5, 5.41) is 7.15. The van der Waals surface area contributed by atoms with Crippen LogP contribution in [0, 0.1) is 0 Å². The number of rotatable bonds is 3. The third-order valence-electron chi connectivity index (χ3n) is 2.00. The van der Waals surface area contributed by atoms with Crippen LogP contribution in [-0.4, -0.2) is 19.7 Å². The van der Waals surface area contributed by atoms with Crippen LogP contribution in [0.5, 0.6) is 0 Å². The van der Waals surface area contributed by atoms with Crippen molar-refractivity contribution < 1.29 is 0 Å². The zero-order valence-electron chi connectivity index (χ0n) is 8.88. The number of anilines is 3. The summed E-state index contributed by atoms with van der Waals surface area (Å²) in [7, 11) is 1.87. The number of hydrogen-bond donors (Lipinski definition) is 3. The molecule has 0 aliphatic heterocycles. The van der Waals surface area contributed by atoms with Gasteiger partial charge in [0, 0.05) is 31.4 Å². The number of aromatic nitrogens is 4. The minimum absolute atomic E-state index is 0.161. The summed E-state index contributed by atoms with van der Waals surface area (Å²) in [6.07, 6.45) is 3.70. The van der Waals surface area contributed by atoms with Crippen molar-refractivity contribution in [2.75, 3.05) is 16.8 Å². The van der Waals surface area contributed by atoms with Crippen molar-refractivity contribution in [1.82, 2.24) is 19.7 Å². The maximum Gasteiger partial charge on any atom is 0.223 e. The second-order valence-corrected chi connectivity index (χ2v) is 3.41. The molecule has 0 saturated carbocycles. The molecular weight excluding hydrogens is 206 g/mol. The minimum atomic E-state index is 0.161. The van der Waals surface area contributed by atoms with E-state index in [1.165, 1.54) is 0 Å². The molecule has 0 atom stereocenters. The Morgan fingerprint density at radius 1 is 1.38 bits per heavy atom. The first kappa shape index (κ1) is 10.2. The first-order chi connectivity index (χ1) is 7.63. The number of nitrogen functional groups attached to an aromatic ring is 2. The van der Waals surface area contributed by atoms with Crippen LogP contribution in [0.25, 0.3) is 0 Å². The van der Waals surface area contributed by atoms with Crippen molar-refractivity contribution in [1.29, 1.82) is 0 Å². The number of nitrogens with zero attached hydrogens (tertiary/aromatic N) is 4. The van der Waals surface area contributed by atoms with Gasteiger partial charge in [-0.2, -0.15) is 15.1 Å². The Labute approximate surface area is 92.5 Å². The third kappa shape index (κ3) is 2.38. The maximum absolute atomic E-state index is 5.54. The minimum Gasteiger partial charge on any atom is -0.383 e. The first-order valence-electron chi connectivity index (χ1n) is 4.75. The molecule has 5 N–H and O–H groups in total. The molecule has 0 radical (unpaired) electrons. The van der Waals surface area contributed by atoms with Gasteiger partial charge in [0.05, 0.1) is 6.20 Å². The van der Waals surface area contributed by atoms with Crippen LogP contribution in [0.3, 0.4) is 0 Å². The van der Waals surface area contributed by atoms with Gasteiger partial charge in [-0.3, -0.25) is 4.68 Å². The lowest BCUT2D eigenvalue weighted by Gasteiger charge is -2.04. The van der Waals surface area contributed by atoms with E-state index in [4.69, 9.17) is 11.5 Å². The molecule has 2 aromatic heterocycles. The van der Waals surface area contributed by atoms with Gasteiger partial charge in [0.1, 0.15) is 11.6 Å². The molecule has 0 spiro atoms. The highest BCUT2D eigenvalue weighted by atomic mass is 15.2. The fourth-order valence-electron chi connectivity index (χ4n) is 1.33. The first-order valence-corrected chi connectivity index (χ1v) is 4.75. The van der Waals surface area contributed by atoms with E-state index in [0.29, 0.717) is 18.2 Å². The Hall–Kier alpha value is -2.31. The lowest BCUT2D eigenvalue weighted by Crippen LogP contribution is -2.05. The smallest absolute Gasteiger partial charge is 0.223 e. The molecule has 2 aromatic rings. The van der Waals surface area contributed by atoms with Gasteiger partial charge in [0.15, 0.2) is 0 Å². The molecule has 2 heterocycles. The molecule has 7 heteroatoms. The van der Waals surface area contributed by atoms with Crippen LogP contribution in [0.2, 0.25) is 0 Å². The van der Waals surface area contributed by atoms with Gasteiger partial charge in [-0.25, -0.2) is 0 Å². The lowest BCUT2D eigenvalue weighted by atomic mass is 10.3. The molecule has 2 rings (SSSR count). The summed E-state index contributed by atoms with van der Waals surface area (Å²) in [5.74, 6) is 1.11. The predicted molar refractivity (Wildman–Crippen MR) is 61.4 cm³/mol. The number of nitrogens with two attached hydrogens (primary N) is 2. The van der Waals surface area contributed by atoms with Gasteiger partial charge < -0.3 is 16.8 Å². The molecular formula is C9H13N7. The molecule has 0 unspecified atom stereocenters. The molecule has 7 nitrogen and oxygen atoms in total. The summed E-state index contributed by atoms with van der Waals surface area (Å²) in [6.45, 7) is 0.615. The largest absolute Gasteiger partial charge is 0.383 e. The van der Waals surface area contributed by atoms with Gasteiger partial charge in [0.25, 0.3) is 0 Å². The lowest BCUT2D eigenvalue weighted by molar-refractivity contribution is 0.767. The highest BCUT2D eigenvalue weighted by molar-refractivity contribution is 5.48. The Morgan fingerprint density at radius 2 is 2.19 bits per heavy atom. The molecule has 0 aromatic carbocycles. The van der Waals surface area contributed by atoms with E-state index < -0.39 is 0 Å². The summed E-state index contributed by atoms with van der Waals surface area (Å²) < 4.78 is 1.74. The van der Waals surface area contributed by atoms with Gasteiger partial charge >= 0.3 is 0 Å². The van der Waals surface area contributed by atoms with Crippen LogP contribution >= 0.6 is 0 Å². The van der Waals surface area contributed by atoms with Gasteiger partial charge in [0.2, 0.25) is 5.95 Å². The number of nitrogens with one attached hydrogen (secondary N) is 1. The van der Waals surface area contributed by atoms with E-state index in [1.807, 2.05) is 13.2 Å². The molecule has 0 amide bonds. The SMILES string of the molecule is Cn1cc(CNc2cc(N)nc(N)n2)cn1. The number of aryl methyl sites for hydroxylation is 1. The summed E-state index contributed by atoms with van der Waals surface area (Å²) in [6, 6.07) is 1.63. The van der Waals surface area contributed by atoms with Crippen LogP contribution in [-0.2, 0) is 13.6 Å². The standard InChI is InChI=1S/C9H13N7/c1-16-5-6(4-13-16)3-12-8-2-7(10)14-9(11)15-8/h2,4-5H,3H2,1H3,(H5,10,11,12,14,15). The summed E-state index contributed by atoms with van der Waals surface area (Å²) in [4.78, 5) is 7.79. The molecule has 16 heavy (non-hydrogen) atoms. The van der Waals surface area contributed by atoms with E-state index in [9.17, 15) is 0 Å². The summed E-state index contributed by atoms with van der Waals surface area (Å²) in [5.41, 5.74) is 12.1. The average molecular weight is 219 g/mol. The van der Waals surface area contributed by atoms with Crippen LogP contribution in [0.4, 0.5) is 17.6 Å². The molecule has 0 fully saturated rings. The Balaban J connectivity index is 2.04. The maximum atomic E-state index is 5.54. The Morgan fingerprint density at radius 3 is 2.81 bits per heavy atom. The van der Waals surface area contributed by atoms with Gasteiger partial charge in [-0.05, 0) is 0 Å². The quantitative estimate of drug-likeness (QED) is 0.670. The van der Waals surface area contributed by atoms with E-state index >= 15 is 0 Å². The molecule has 0 aliphatic carbocycles. The second-order valence-electron chi connectivity index (χ2n) is 3.41. The average Bonchev–Trinajstić information content (AvgIpc) is 2.60.